The van der Waals surface area contributed by atoms with Crippen LogP contribution in [-0.2, 0) is 25.5 Å². The fraction of sp³-hybridized carbons (Fsp3) is 0.333. The molecule has 0 spiro atoms. The van der Waals surface area contributed by atoms with Crippen molar-refractivity contribution in [3.05, 3.63) is 58.9 Å². The Morgan fingerprint density at radius 2 is 2.09 bits per heavy atom. The number of fused-ring (bicyclic) bond motifs is 3. The van der Waals surface area contributed by atoms with Gasteiger partial charge >= 0.3 is 5.97 Å². The lowest BCUT2D eigenvalue weighted by atomic mass is 9.97. The Morgan fingerprint density at radius 1 is 1.30 bits per heavy atom. The summed E-state index contributed by atoms with van der Waals surface area (Å²) in [7, 11) is 1.82. The fourth-order valence-electron chi connectivity index (χ4n) is 3.67. The van der Waals surface area contributed by atoms with Crippen molar-refractivity contribution in [2.75, 3.05) is 7.05 Å². The van der Waals surface area contributed by atoms with E-state index in [0.717, 1.165) is 6.42 Å². The highest BCUT2D eigenvalue weighted by Crippen LogP contribution is 2.48. The van der Waals surface area contributed by atoms with Crippen LogP contribution in [-0.4, -0.2) is 30.1 Å². The van der Waals surface area contributed by atoms with Crippen LogP contribution in [0.3, 0.4) is 0 Å². The molecule has 0 radical (unpaired) electrons. The standard InChI is InChI=1S/C18H17NO4/c1-10-7-15(23-18(10)21)22-9-14-13-8-11-5-3-4-6-12(11)16(13)19(2)17(14)20/h3-7,9,13,15-16H,8H2,1-2H3/b14-9+/t13-,15?,16?/m1/s1. The topological polar surface area (TPSA) is 55.8 Å². The molecule has 1 fully saturated rings. The number of hydrogen-bond acceptors (Lipinski definition) is 4. The summed E-state index contributed by atoms with van der Waals surface area (Å²) in [4.78, 5) is 25.6. The zero-order valence-corrected chi connectivity index (χ0v) is 13.0. The normalized spacial score (nSPS) is 30.3. The maximum atomic E-state index is 12.5. The average Bonchev–Trinajstić information content (AvgIpc) is 3.13. The van der Waals surface area contributed by atoms with E-state index in [1.807, 2.05) is 19.2 Å². The van der Waals surface area contributed by atoms with Gasteiger partial charge in [-0.1, -0.05) is 24.3 Å². The third kappa shape index (κ3) is 2.07. The second kappa shape index (κ2) is 4.98. The Labute approximate surface area is 134 Å². The van der Waals surface area contributed by atoms with Crippen molar-refractivity contribution in [2.24, 2.45) is 5.92 Å². The first-order chi connectivity index (χ1) is 11.1. The molecule has 0 N–H and O–H groups in total. The van der Waals surface area contributed by atoms with Gasteiger partial charge in [0.25, 0.3) is 12.2 Å². The minimum atomic E-state index is -0.740. The molecule has 1 aromatic carbocycles. The van der Waals surface area contributed by atoms with Crippen LogP contribution in [0.15, 0.2) is 47.7 Å². The maximum absolute atomic E-state index is 12.5. The van der Waals surface area contributed by atoms with Crippen LogP contribution >= 0.6 is 0 Å². The van der Waals surface area contributed by atoms with Gasteiger partial charge in [0.2, 0.25) is 0 Å². The zero-order chi connectivity index (χ0) is 16.1. The van der Waals surface area contributed by atoms with Gasteiger partial charge in [0.15, 0.2) is 0 Å². The molecule has 2 aliphatic heterocycles. The Balaban J connectivity index is 1.60. The van der Waals surface area contributed by atoms with Crippen molar-refractivity contribution in [3.8, 4) is 0 Å². The molecule has 23 heavy (non-hydrogen) atoms. The molecule has 0 aromatic heterocycles. The van der Waals surface area contributed by atoms with Gasteiger partial charge in [-0.25, -0.2) is 4.79 Å². The highest BCUT2D eigenvalue weighted by Gasteiger charge is 2.47. The Hall–Kier alpha value is -2.56. The number of carbonyl (C=O) groups is 2. The van der Waals surface area contributed by atoms with E-state index in [4.69, 9.17) is 9.47 Å². The van der Waals surface area contributed by atoms with Gasteiger partial charge in [-0.15, -0.1) is 0 Å². The van der Waals surface area contributed by atoms with Crippen molar-refractivity contribution >= 4 is 11.9 Å². The molecule has 0 bridgehead atoms. The second-order valence-corrected chi connectivity index (χ2v) is 6.20. The van der Waals surface area contributed by atoms with E-state index in [9.17, 15) is 9.59 Å². The van der Waals surface area contributed by atoms with E-state index in [1.165, 1.54) is 17.4 Å². The highest BCUT2D eigenvalue weighted by molar-refractivity contribution is 5.97. The average molecular weight is 311 g/mol. The number of benzene rings is 1. The van der Waals surface area contributed by atoms with Crippen LogP contribution in [0.25, 0.3) is 0 Å². The van der Waals surface area contributed by atoms with Crippen LogP contribution in [0.4, 0.5) is 0 Å². The number of amides is 1. The Bertz CT molecular complexity index is 764. The zero-order valence-electron chi connectivity index (χ0n) is 13.0. The van der Waals surface area contributed by atoms with E-state index in [0.29, 0.717) is 11.1 Å². The van der Waals surface area contributed by atoms with Crippen LogP contribution < -0.4 is 0 Å². The van der Waals surface area contributed by atoms with Crippen molar-refractivity contribution in [1.82, 2.24) is 4.90 Å². The van der Waals surface area contributed by atoms with Crippen molar-refractivity contribution in [2.45, 2.75) is 25.7 Å². The maximum Gasteiger partial charge on any atom is 0.336 e. The summed E-state index contributed by atoms with van der Waals surface area (Å²) in [5, 5.41) is 0. The van der Waals surface area contributed by atoms with E-state index in [2.05, 4.69) is 12.1 Å². The number of esters is 1. The predicted molar refractivity (Wildman–Crippen MR) is 82.0 cm³/mol. The molecule has 3 atom stereocenters. The first-order valence-corrected chi connectivity index (χ1v) is 7.66. The lowest BCUT2D eigenvalue weighted by Crippen LogP contribution is -2.23. The van der Waals surface area contributed by atoms with Gasteiger partial charge in [-0.2, -0.15) is 0 Å². The van der Waals surface area contributed by atoms with E-state index in [1.54, 1.807) is 17.9 Å². The summed E-state index contributed by atoms with van der Waals surface area (Å²) in [5.74, 6) is -0.318. The SMILES string of the molecule is CC1=CC(O/C=C2/C(=O)N(C)C3c4ccccc4C[C@H]23)OC1=O. The third-order valence-corrected chi connectivity index (χ3v) is 4.84. The summed E-state index contributed by atoms with van der Waals surface area (Å²) in [6.45, 7) is 1.68. The van der Waals surface area contributed by atoms with E-state index in [-0.39, 0.29) is 23.8 Å². The molecule has 2 unspecified atom stereocenters. The minimum Gasteiger partial charge on any atom is -0.458 e. The molecule has 1 saturated heterocycles. The molecule has 0 saturated carbocycles. The van der Waals surface area contributed by atoms with E-state index >= 15 is 0 Å². The van der Waals surface area contributed by atoms with E-state index < -0.39 is 6.29 Å². The summed E-state index contributed by atoms with van der Waals surface area (Å²) in [6, 6.07) is 8.28. The molecule has 4 rings (SSSR count). The number of hydrogen-bond donors (Lipinski definition) is 0. The molecule has 1 aromatic rings. The number of nitrogens with zero attached hydrogens (tertiary/aromatic N) is 1. The van der Waals surface area contributed by atoms with Crippen molar-refractivity contribution in [1.29, 1.82) is 0 Å². The minimum absolute atomic E-state index is 0.0282. The lowest BCUT2D eigenvalue weighted by Gasteiger charge is -2.19. The molecule has 1 aliphatic carbocycles. The number of likely N-dealkylation sites (tertiary alicyclic amines) is 1. The molecule has 5 heteroatoms. The summed E-state index contributed by atoms with van der Waals surface area (Å²) >= 11 is 0. The predicted octanol–water partition coefficient (Wildman–Crippen LogP) is 2.10. The molecule has 1 amide bonds. The van der Waals surface area contributed by atoms with Crippen LogP contribution in [0.2, 0.25) is 0 Å². The largest absolute Gasteiger partial charge is 0.458 e. The second-order valence-electron chi connectivity index (χ2n) is 6.20. The molecular formula is C18H17NO4. The first-order valence-electron chi connectivity index (χ1n) is 7.66. The number of rotatable bonds is 2. The van der Waals surface area contributed by atoms with Crippen molar-refractivity contribution < 1.29 is 19.1 Å². The smallest absolute Gasteiger partial charge is 0.336 e. The molecule has 5 nitrogen and oxygen atoms in total. The molecule has 3 aliphatic rings. The Morgan fingerprint density at radius 3 is 2.83 bits per heavy atom. The van der Waals surface area contributed by atoms with Crippen LogP contribution in [0.5, 0.6) is 0 Å². The third-order valence-electron chi connectivity index (χ3n) is 4.84. The summed E-state index contributed by atoms with van der Waals surface area (Å²) < 4.78 is 10.6. The van der Waals surface area contributed by atoms with Gasteiger partial charge in [-0.3, -0.25) is 4.79 Å². The van der Waals surface area contributed by atoms with Gasteiger partial charge in [-0.05, 0) is 24.5 Å². The van der Waals surface area contributed by atoms with Crippen LogP contribution in [0.1, 0.15) is 24.1 Å². The summed E-state index contributed by atoms with van der Waals surface area (Å²) in [5.41, 5.74) is 3.65. The van der Waals surface area contributed by atoms with Gasteiger partial charge in [0.1, 0.15) is 0 Å². The monoisotopic (exact) mass is 311 g/mol. The van der Waals surface area contributed by atoms with Crippen LogP contribution in [0, 0.1) is 5.92 Å². The highest BCUT2D eigenvalue weighted by atomic mass is 16.7. The summed E-state index contributed by atoms with van der Waals surface area (Å²) in [6.07, 6.45) is 3.17. The molecule has 2 heterocycles. The van der Waals surface area contributed by atoms with Gasteiger partial charge in [0.05, 0.1) is 17.9 Å². The fourth-order valence-corrected chi connectivity index (χ4v) is 3.67. The van der Waals surface area contributed by atoms with Gasteiger partial charge in [0, 0.05) is 24.6 Å². The van der Waals surface area contributed by atoms with Crippen molar-refractivity contribution in [3.63, 3.8) is 0 Å². The quantitative estimate of drug-likeness (QED) is 0.477. The lowest BCUT2D eigenvalue weighted by molar-refractivity contribution is -0.152. The van der Waals surface area contributed by atoms with Gasteiger partial charge < -0.3 is 14.4 Å². The number of cyclic esters (lactones) is 1. The molecular weight excluding hydrogens is 294 g/mol. The molecule has 118 valence electrons. The first kappa shape index (κ1) is 14.1. The number of likely N-dealkylation sites (N-methyl/N-ethyl adjacent to an activating group) is 1. The Kier molecular flexibility index (Phi) is 3.04. The number of carbonyl (C=O) groups excluding carboxylic acids is 2. The number of ether oxygens (including phenoxy) is 2.